The molecule has 0 spiro atoms. The molecular weight excluding hydrogens is 280 g/mol. The average molecular weight is 302 g/mol. The lowest BCUT2D eigenvalue weighted by Crippen LogP contribution is -2.69. The normalized spacial score (nSPS) is 33.4. The van der Waals surface area contributed by atoms with Crippen molar-refractivity contribution in [1.29, 1.82) is 0 Å². The molecule has 0 unspecified atom stereocenters. The molecule has 1 amide bonds. The molecule has 19 heavy (non-hydrogen) atoms. The van der Waals surface area contributed by atoms with Crippen LogP contribution in [0.25, 0.3) is 0 Å². The van der Waals surface area contributed by atoms with E-state index in [0.29, 0.717) is 5.11 Å². The fourth-order valence-corrected chi connectivity index (χ4v) is 4.26. The Balaban J connectivity index is 2.34. The summed E-state index contributed by atoms with van der Waals surface area (Å²) in [5.74, 6) is 6.95. The molecule has 5 nitrogen and oxygen atoms in total. The van der Waals surface area contributed by atoms with E-state index in [1.807, 2.05) is 18.1 Å². The Morgan fingerprint density at radius 2 is 2.16 bits per heavy atom. The molecule has 2 atom stereocenters. The number of carbonyl (C=O) groups excluding carboxylic acids is 1. The summed E-state index contributed by atoms with van der Waals surface area (Å²) < 4.78 is 0. The van der Waals surface area contributed by atoms with Crippen LogP contribution in [0.3, 0.4) is 0 Å². The summed E-state index contributed by atoms with van der Waals surface area (Å²) in [6, 6.07) is -0.237. The topological polar surface area (TPSA) is 61.6 Å². The number of hydrogen-bond donors (Lipinski definition) is 2. The van der Waals surface area contributed by atoms with E-state index >= 15 is 0 Å². The van der Waals surface area contributed by atoms with Gasteiger partial charge in [0.05, 0.1) is 0 Å². The number of nitrogens with two attached hydrogens (primary N) is 1. The number of thiocarbonyl (C=S) groups is 1. The van der Waals surface area contributed by atoms with E-state index in [0.717, 1.165) is 18.6 Å². The number of fused-ring (bicyclic) bond motifs is 1. The molecule has 2 aliphatic heterocycles. The Hall–Kier alpha value is -0.530. The molecule has 0 saturated carbocycles. The zero-order chi connectivity index (χ0) is 14.4. The van der Waals surface area contributed by atoms with Crippen molar-refractivity contribution in [3.05, 3.63) is 0 Å². The maximum absolute atomic E-state index is 12.4. The SMILES string of the molecule is CSCC[C@H]1C(=O)N(N)[C@@]2(C)CC(C)(C)NC(=S)N12. The second kappa shape index (κ2) is 4.79. The molecule has 2 heterocycles. The Bertz CT molecular complexity index is 415. The maximum atomic E-state index is 12.4. The zero-order valence-electron chi connectivity index (χ0n) is 11.9. The average Bonchev–Trinajstić information content (AvgIpc) is 2.46. The van der Waals surface area contributed by atoms with Crippen molar-refractivity contribution in [2.75, 3.05) is 12.0 Å². The number of carbonyl (C=O) groups is 1. The highest BCUT2D eigenvalue weighted by Gasteiger charge is 2.58. The van der Waals surface area contributed by atoms with E-state index in [-0.39, 0.29) is 17.5 Å². The fraction of sp³-hybridized carbons (Fsp3) is 0.833. The van der Waals surface area contributed by atoms with Gasteiger partial charge in [0.1, 0.15) is 11.7 Å². The summed E-state index contributed by atoms with van der Waals surface area (Å²) in [6.45, 7) is 6.16. The molecule has 0 aromatic carbocycles. The molecule has 2 aliphatic rings. The molecule has 2 rings (SSSR count). The van der Waals surface area contributed by atoms with E-state index in [1.165, 1.54) is 5.01 Å². The number of rotatable bonds is 3. The molecule has 2 fully saturated rings. The lowest BCUT2D eigenvalue weighted by Gasteiger charge is -2.51. The van der Waals surface area contributed by atoms with Crippen molar-refractivity contribution in [3.8, 4) is 0 Å². The van der Waals surface area contributed by atoms with Gasteiger partial charge in [-0.3, -0.25) is 9.80 Å². The van der Waals surface area contributed by atoms with Gasteiger partial charge in [0.15, 0.2) is 5.11 Å². The van der Waals surface area contributed by atoms with Crippen LogP contribution in [0.2, 0.25) is 0 Å². The summed E-state index contributed by atoms with van der Waals surface area (Å²) in [5, 5.41) is 5.33. The summed E-state index contributed by atoms with van der Waals surface area (Å²) in [6.07, 6.45) is 3.55. The smallest absolute Gasteiger partial charge is 0.261 e. The second-order valence-corrected chi connectivity index (χ2v) is 7.46. The molecule has 0 bridgehead atoms. The minimum absolute atomic E-state index is 0.0293. The summed E-state index contributed by atoms with van der Waals surface area (Å²) in [5.41, 5.74) is -0.680. The fourth-order valence-electron chi connectivity index (χ4n) is 3.20. The molecule has 108 valence electrons. The standard InChI is InChI=1S/C12H22N4OS2/c1-11(2)7-12(3)15(10(18)14-11)8(5-6-19-4)9(17)16(12)13/h8H,5-7,13H2,1-4H3,(H,14,18)/t8-,12-/m0/s1. The van der Waals surface area contributed by atoms with Gasteiger partial charge in [0, 0.05) is 12.0 Å². The van der Waals surface area contributed by atoms with Crippen molar-refractivity contribution < 1.29 is 4.79 Å². The van der Waals surface area contributed by atoms with Gasteiger partial charge in [-0.05, 0) is 51.4 Å². The van der Waals surface area contributed by atoms with E-state index in [2.05, 4.69) is 19.2 Å². The number of nitrogens with zero attached hydrogens (tertiary/aromatic N) is 2. The van der Waals surface area contributed by atoms with Crippen LogP contribution in [-0.4, -0.2) is 50.2 Å². The summed E-state index contributed by atoms with van der Waals surface area (Å²) in [4.78, 5) is 14.4. The van der Waals surface area contributed by atoms with Crippen LogP contribution in [0.1, 0.15) is 33.6 Å². The van der Waals surface area contributed by atoms with Gasteiger partial charge in [0.25, 0.3) is 5.91 Å². The Labute approximate surface area is 124 Å². The first kappa shape index (κ1) is 14.9. The van der Waals surface area contributed by atoms with Gasteiger partial charge in [-0.2, -0.15) is 11.8 Å². The van der Waals surface area contributed by atoms with Crippen molar-refractivity contribution in [2.45, 2.75) is 50.9 Å². The van der Waals surface area contributed by atoms with Gasteiger partial charge in [-0.25, -0.2) is 5.84 Å². The molecule has 2 saturated heterocycles. The Kier molecular flexibility index (Phi) is 3.75. The first-order chi connectivity index (χ1) is 8.73. The van der Waals surface area contributed by atoms with Crippen LogP contribution in [0.15, 0.2) is 0 Å². The molecule has 3 N–H and O–H groups in total. The van der Waals surface area contributed by atoms with Crippen LogP contribution in [0.4, 0.5) is 0 Å². The highest BCUT2D eigenvalue weighted by Crippen LogP contribution is 2.40. The van der Waals surface area contributed by atoms with E-state index in [1.54, 1.807) is 11.8 Å². The monoisotopic (exact) mass is 302 g/mol. The number of amides is 1. The molecule has 0 aromatic rings. The molecular formula is C12H22N4OS2. The highest BCUT2D eigenvalue weighted by molar-refractivity contribution is 7.98. The summed E-state index contributed by atoms with van der Waals surface area (Å²) in [7, 11) is 0. The predicted octanol–water partition coefficient (Wildman–Crippen LogP) is 0.899. The Morgan fingerprint density at radius 1 is 1.53 bits per heavy atom. The quantitative estimate of drug-likeness (QED) is 0.459. The molecule has 7 heteroatoms. The largest absolute Gasteiger partial charge is 0.357 e. The minimum Gasteiger partial charge on any atom is -0.357 e. The zero-order valence-corrected chi connectivity index (χ0v) is 13.5. The minimum atomic E-state index is -0.522. The maximum Gasteiger partial charge on any atom is 0.261 e. The van der Waals surface area contributed by atoms with Crippen LogP contribution in [0.5, 0.6) is 0 Å². The number of hydrogen-bond acceptors (Lipinski definition) is 4. The van der Waals surface area contributed by atoms with E-state index in [4.69, 9.17) is 18.1 Å². The second-order valence-electron chi connectivity index (χ2n) is 6.08. The Morgan fingerprint density at radius 3 is 2.74 bits per heavy atom. The van der Waals surface area contributed by atoms with Gasteiger partial charge in [-0.15, -0.1) is 0 Å². The van der Waals surface area contributed by atoms with Crippen LogP contribution in [-0.2, 0) is 4.79 Å². The third-order valence-corrected chi connectivity index (χ3v) is 4.85. The van der Waals surface area contributed by atoms with E-state index < -0.39 is 5.66 Å². The van der Waals surface area contributed by atoms with Gasteiger partial charge < -0.3 is 10.2 Å². The summed E-state index contributed by atoms with van der Waals surface area (Å²) >= 11 is 7.20. The predicted molar refractivity (Wildman–Crippen MR) is 82.5 cm³/mol. The first-order valence-electron chi connectivity index (χ1n) is 6.42. The first-order valence-corrected chi connectivity index (χ1v) is 8.22. The van der Waals surface area contributed by atoms with E-state index in [9.17, 15) is 4.79 Å². The lowest BCUT2D eigenvalue weighted by molar-refractivity contribution is -0.132. The molecule has 0 aliphatic carbocycles. The third-order valence-electron chi connectivity index (χ3n) is 3.91. The van der Waals surface area contributed by atoms with Gasteiger partial charge in [-0.1, -0.05) is 0 Å². The third kappa shape index (κ3) is 2.32. The van der Waals surface area contributed by atoms with Crippen LogP contribution >= 0.6 is 24.0 Å². The van der Waals surface area contributed by atoms with Crippen molar-refractivity contribution in [3.63, 3.8) is 0 Å². The molecule has 0 radical (unpaired) electrons. The van der Waals surface area contributed by atoms with Crippen molar-refractivity contribution >= 4 is 35.0 Å². The van der Waals surface area contributed by atoms with Crippen LogP contribution < -0.4 is 11.2 Å². The highest BCUT2D eigenvalue weighted by atomic mass is 32.2. The molecule has 0 aromatic heterocycles. The lowest BCUT2D eigenvalue weighted by atomic mass is 9.88. The van der Waals surface area contributed by atoms with Crippen molar-refractivity contribution in [2.24, 2.45) is 5.84 Å². The van der Waals surface area contributed by atoms with Gasteiger partial charge in [0.2, 0.25) is 0 Å². The van der Waals surface area contributed by atoms with Crippen molar-refractivity contribution in [1.82, 2.24) is 15.2 Å². The van der Waals surface area contributed by atoms with Gasteiger partial charge >= 0.3 is 0 Å². The number of hydrazine groups is 1. The number of thioether (sulfide) groups is 1. The van der Waals surface area contributed by atoms with Crippen LogP contribution in [0, 0.1) is 0 Å². The number of nitrogens with one attached hydrogen (secondary N) is 1.